The Bertz CT molecular complexity index is 388. The zero-order valence-corrected chi connectivity index (χ0v) is 12.2. The van der Waals surface area contributed by atoms with E-state index < -0.39 is 0 Å². The van der Waals surface area contributed by atoms with Crippen molar-refractivity contribution in [3.8, 4) is 5.75 Å². The Morgan fingerprint density at radius 3 is 2.42 bits per heavy atom. The van der Waals surface area contributed by atoms with Crippen molar-refractivity contribution < 1.29 is 9.53 Å². The first-order valence-electron chi connectivity index (χ1n) is 6.69. The first-order chi connectivity index (χ1) is 8.97. The lowest BCUT2D eigenvalue weighted by molar-refractivity contribution is -0.121. The number of benzene rings is 1. The number of carbonyl (C=O) groups is 1. The van der Waals surface area contributed by atoms with E-state index in [-0.39, 0.29) is 11.9 Å². The van der Waals surface area contributed by atoms with Gasteiger partial charge in [0.15, 0.2) is 0 Å². The molecule has 0 heterocycles. The van der Waals surface area contributed by atoms with Gasteiger partial charge in [0.25, 0.3) is 0 Å². The van der Waals surface area contributed by atoms with E-state index in [9.17, 15) is 4.79 Å². The zero-order valence-electron chi connectivity index (χ0n) is 12.2. The Hall–Kier alpha value is -1.55. The first kappa shape index (κ1) is 15.5. The highest BCUT2D eigenvalue weighted by Crippen LogP contribution is 2.11. The fraction of sp³-hybridized carbons (Fsp3) is 0.533. The maximum Gasteiger partial charge on any atom is 0.234 e. The van der Waals surface area contributed by atoms with Crippen molar-refractivity contribution in [3.05, 3.63) is 29.8 Å². The van der Waals surface area contributed by atoms with Crippen LogP contribution in [0.25, 0.3) is 0 Å². The van der Waals surface area contributed by atoms with Crippen molar-refractivity contribution in [3.63, 3.8) is 0 Å². The molecule has 4 heteroatoms. The van der Waals surface area contributed by atoms with Gasteiger partial charge in [0.1, 0.15) is 12.4 Å². The predicted molar refractivity (Wildman–Crippen MR) is 77.4 cm³/mol. The molecule has 4 nitrogen and oxygen atoms in total. The van der Waals surface area contributed by atoms with Gasteiger partial charge in [-0.3, -0.25) is 4.79 Å². The monoisotopic (exact) mass is 264 g/mol. The molecule has 106 valence electrons. The van der Waals surface area contributed by atoms with Gasteiger partial charge in [-0.2, -0.15) is 0 Å². The van der Waals surface area contributed by atoms with Crippen molar-refractivity contribution in [1.82, 2.24) is 10.6 Å². The van der Waals surface area contributed by atoms with Gasteiger partial charge in [-0.1, -0.05) is 31.5 Å². The molecule has 0 bridgehead atoms. The number of hydrogen-bond acceptors (Lipinski definition) is 3. The Morgan fingerprint density at radius 1 is 1.21 bits per heavy atom. The molecule has 0 spiro atoms. The molecule has 0 aliphatic heterocycles. The molecule has 1 rings (SSSR count). The van der Waals surface area contributed by atoms with Crippen molar-refractivity contribution in [2.45, 2.75) is 39.8 Å². The van der Waals surface area contributed by atoms with E-state index in [4.69, 9.17) is 4.74 Å². The minimum Gasteiger partial charge on any atom is -0.491 e. The van der Waals surface area contributed by atoms with Crippen LogP contribution in [-0.2, 0) is 4.79 Å². The minimum atomic E-state index is -0.0113. The molecule has 19 heavy (non-hydrogen) atoms. The molecular weight excluding hydrogens is 240 g/mol. The lowest BCUT2D eigenvalue weighted by Crippen LogP contribution is -2.43. The topological polar surface area (TPSA) is 50.4 Å². The molecule has 0 radical (unpaired) electrons. The number of ether oxygens (including phenoxy) is 1. The summed E-state index contributed by atoms with van der Waals surface area (Å²) >= 11 is 0. The third-order valence-electron chi connectivity index (χ3n) is 2.60. The third-order valence-corrected chi connectivity index (χ3v) is 2.60. The van der Waals surface area contributed by atoms with E-state index in [1.807, 2.05) is 52.0 Å². The van der Waals surface area contributed by atoms with Crippen LogP contribution in [0.2, 0.25) is 0 Å². The van der Waals surface area contributed by atoms with Gasteiger partial charge < -0.3 is 15.4 Å². The van der Waals surface area contributed by atoms with Gasteiger partial charge in [0.2, 0.25) is 5.91 Å². The second kappa shape index (κ2) is 7.79. The van der Waals surface area contributed by atoms with Crippen LogP contribution in [0.4, 0.5) is 0 Å². The number of carbonyl (C=O) groups excluding carboxylic acids is 1. The van der Waals surface area contributed by atoms with Crippen molar-refractivity contribution in [2.24, 2.45) is 0 Å². The highest BCUT2D eigenvalue weighted by molar-refractivity contribution is 5.78. The van der Waals surface area contributed by atoms with Gasteiger partial charge in [-0.15, -0.1) is 0 Å². The van der Waals surface area contributed by atoms with Crippen molar-refractivity contribution in [1.29, 1.82) is 0 Å². The Balaban J connectivity index is 2.25. The fourth-order valence-corrected chi connectivity index (χ4v) is 1.52. The van der Waals surface area contributed by atoms with E-state index in [0.717, 1.165) is 5.75 Å². The highest BCUT2D eigenvalue weighted by atomic mass is 16.5. The molecule has 0 saturated heterocycles. The summed E-state index contributed by atoms with van der Waals surface area (Å²) < 4.78 is 5.61. The maximum atomic E-state index is 11.6. The second-order valence-corrected chi connectivity index (χ2v) is 5.13. The van der Waals surface area contributed by atoms with Crippen molar-refractivity contribution in [2.75, 3.05) is 13.2 Å². The minimum absolute atomic E-state index is 0.00583. The van der Waals surface area contributed by atoms with Crippen LogP contribution >= 0.6 is 0 Å². The van der Waals surface area contributed by atoms with Crippen LogP contribution in [0.15, 0.2) is 24.3 Å². The van der Waals surface area contributed by atoms with E-state index in [0.29, 0.717) is 19.2 Å². The van der Waals surface area contributed by atoms with E-state index in [2.05, 4.69) is 10.6 Å². The molecule has 1 unspecified atom stereocenters. The van der Waals surface area contributed by atoms with Crippen LogP contribution in [0.3, 0.4) is 0 Å². The standard InChI is InChI=1S/C15H24N2O2/c1-11(2)16-9-15(18)17-13(4)10-19-14-7-5-12(3)6-8-14/h5-8,11,13,16H,9-10H2,1-4H3,(H,17,18). The zero-order chi connectivity index (χ0) is 14.3. The van der Waals surface area contributed by atoms with Crippen molar-refractivity contribution >= 4 is 5.91 Å². The van der Waals surface area contributed by atoms with E-state index in [1.165, 1.54) is 5.56 Å². The molecule has 0 aliphatic carbocycles. The number of amides is 1. The molecule has 0 fully saturated rings. The van der Waals surface area contributed by atoms with Gasteiger partial charge >= 0.3 is 0 Å². The fourth-order valence-electron chi connectivity index (χ4n) is 1.52. The second-order valence-electron chi connectivity index (χ2n) is 5.13. The van der Waals surface area contributed by atoms with E-state index in [1.54, 1.807) is 0 Å². The van der Waals surface area contributed by atoms with Gasteiger partial charge in [0.05, 0.1) is 12.6 Å². The molecule has 1 amide bonds. The summed E-state index contributed by atoms with van der Waals surface area (Å²) in [6.07, 6.45) is 0. The summed E-state index contributed by atoms with van der Waals surface area (Å²) in [5.41, 5.74) is 1.20. The number of hydrogen-bond donors (Lipinski definition) is 2. The SMILES string of the molecule is Cc1ccc(OCC(C)NC(=O)CNC(C)C)cc1. The molecular formula is C15H24N2O2. The lowest BCUT2D eigenvalue weighted by Gasteiger charge is -2.16. The predicted octanol–water partition coefficient (Wildman–Crippen LogP) is 1.88. The normalized spacial score (nSPS) is 12.3. The molecule has 0 aromatic heterocycles. The summed E-state index contributed by atoms with van der Waals surface area (Å²) in [5.74, 6) is 0.820. The van der Waals surface area contributed by atoms with Gasteiger partial charge in [-0.25, -0.2) is 0 Å². The summed E-state index contributed by atoms with van der Waals surface area (Å²) in [5, 5.41) is 5.97. The average Bonchev–Trinajstić information content (AvgIpc) is 2.36. The number of aryl methyl sites for hydroxylation is 1. The van der Waals surface area contributed by atoms with Crippen LogP contribution in [0, 0.1) is 6.92 Å². The Kier molecular flexibility index (Phi) is 6.36. The number of rotatable bonds is 7. The van der Waals surface area contributed by atoms with E-state index >= 15 is 0 Å². The van der Waals surface area contributed by atoms with Crippen LogP contribution in [0.1, 0.15) is 26.3 Å². The summed E-state index contributed by atoms with van der Waals surface area (Å²) in [6.45, 7) is 8.80. The Morgan fingerprint density at radius 2 is 1.84 bits per heavy atom. The summed E-state index contributed by atoms with van der Waals surface area (Å²) in [7, 11) is 0. The summed E-state index contributed by atoms with van der Waals surface area (Å²) in [4.78, 5) is 11.6. The molecule has 1 aromatic rings. The highest BCUT2D eigenvalue weighted by Gasteiger charge is 2.08. The van der Waals surface area contributed by atoms with Gasteiger partial charge in [0, 0.05) is 6.04 Å². The Labute approximate surface area is 115 Å². The van der Waals surface area contributed by atoms with Crippen LogP contribution in [-0.4, -0.2) is 31.1 Å². The molecule has 0 saturated carbocycles. The van der Waals surface area contributed by atoms with Crippen LogP contribution in [0.5, 0.6) is 5.75 Å². The summed E-state index contributed by atoms with van der Waals surface area (Å²) in [6, 6.07) is 8.18. The number of nitrogens with one attached hydrogen (secondary N) is 2. The maximum absolute atomic E-state index is 11.6. The van der Waals surface area contributed by atoms with Crippen LogP contribution < -0.4 is 15.4 Å². The average molecular weight is 264 g/mol. The molecule has 1 aromatic carbocycles. The smallest absolute Gasteiger partial charge is 0.234 e. The quantitative estimate of drug-likeness (QED) is 0.790. The largest absolute Gasteiger partial charge is 0.491 e. The van der Waals surface area contributed by atoms with Gasteiger partial charge in [-0.05, 0) is 26.0 Å². The first-order valence-corrected chi connectivity index (χ1v) is 6.69. The molecule has 0 aliphatic rings. The molecule has 2 N–H and O–H groups in total. The third kappa shape index (κ3) is 6.82. The molecule has 1 atom stereocenters. The lowest BCUT2D eigenvalue weighted by atomic mass is 10.2.